The van der Waals surface area contributed by atoms with Gasteiger partial charge in [0.15, 0.2) is 5.96 Å². The van der Waals surface area contributed by atoms with Crippen LogP contribution < -0.4 is 10.6 Å². The van der Waals surface area contributed by atoms with Gasteiger partial charge in [0.25, 0.3) is 0 Å². The van der Waals surface area contributed by atoms with Crippen molar-refractivity contribution < 1.29 is 9.53 Å². The van der Waals surface area contributed by atoms with Crippen molar-refractivity contribution in [1.82, 2.24) is 20.4 Å². The van der Waals surface area contributed by atoms with Crippen molar-refractivity contribution in [3.8, 4) is 5.69 Å². The molecule has 156 valence electrons. The third kappa shape index (κ3) is 5.94. The van der Waals surface area contributed by atoms with Crippen molar-refractivity contribution >= 4 is 11.9 Å². The van der Waals surface area contributed by atoms with Gasteiger partial charge >= 0.3 is 5.97 Å². The number of nitrogens with one attached hydrogen (secondary N) is 2. The molecular formula is C23H27N5O2. The number of carbonyl (C=O) groups excluding carboxylic acids is 1. The summed E-state index contributed by atoms with van der Waals surface area (Å²) in [6, 6.07) is 17.6. The second-order valence-electron chi connectivity index (χ2n) is 6.64. The third-order valence-corrected chi connectivity index (χ3v) is 4.56. The summed E-state index contributed by atoms with van der Waals surface area (Å²) < 4.78 is 6.84. The number of nitrogens with zero attached hydrogens (tertiary/aromatic N) is 3. The zero-order valence-corrected chi connectivity index (χ0v) is 17.3. The van der Waals surface area contributed by atoms with Crippen molar-refractivity contribution in [1.29, 1.82) is 0 Å². The molecule has 2 N–H and O–H groups in total. The number of hydrogen-bond donors (Lipinski definition) is 2. The van der Waals surface area contributed by atoms with Gasteiger partial charge in [0.05, 0.1) is 17.9 Å². The summed E-state index contributed by atoms with van der Waals surface area (Å²) in [5, 5.41) is 10.8. The fourth-order valence-electron chi connectivity index (χ4n) is 2.94. The van der Waals surface area contributed by atoms with E-state index in [0.717, 1.165) is 30.2 Å². The second kappa shape index (κ2) is 10.8. The normalized spacial score (nSPS) is 11.2. The molecule has 1 aromatic heterocycles. The van der Waals surface area contributed by atoms with Crippen molar-refractivity contribution in [3.05, 3.63) is 83.7 Å². The lowest BCUT2D eigenvalue weighted by molar-refractivity contribution is 0.0526. The maximum absolute atomic E-state index is 11.7. The summed E-state index contributed by atoms with van der Waals surface area (Å²) in [4.78, 5) is 16.0. The number of guanidine groups is 1. The quantitative estimate of drug-likeness (QED) is 0.342. The number of rotatable bonds is 8. The van der Waals surface area contributed by atoms with E-state index in [1.165, 1.54) is 5.56 Å². The average molecular weight is 406 g/mol. The first-order chi connectivity index (χ1) is 14.7. The van der Waals surface area contributed by atoms with Gasteiger partial charge in [-0.1, -0.05) is 24.3 Å². The van der Waals surface area contributed by atoms with E-state index in [1.807, 2.05) is 29.1 Å². The highest BCUT2D eigenvalue weighted by molar-refractivity contribution is 5.89. The first-order valence-electron chi connectivity index (χ1n) is 9.99. The Morgan fingerprint density at radius 2 is 1.80 bits per heavy atom. The average Bonchev–Trinajstić information content (AvgIpc) is 3.32. The number of aromatic nitrogens is 2. The molecule has 7 heteroatoms. The fraction of sp³-hybridized carbons (Fsp3) is 0.261. The van der Waals surface area contributed by atoms with E-state index in [1.54, 1.807) is 32.3 Å². The summed E-state index contributed by atoms with van der Waals surface area (Å²) in [6.45, 7) is 3.55. The van der Waals surface area contributed by atoms with E-state index >= 15 is 0 Å². The number of esters is 1. The summed E-state index contributed by atoms with van der Waals surface area (Å²) in [7, 11) is 1.75. The molecule has 0 spiro atoms. The largest absolute Gasteiger partial charge is 0.462 e. The van der Waals surface area contributed by atoms with Crippen LogP contribution in [0.5, 0.6) is 0 Å². The SMILES string of the molecule is CCOC(=O)c1ccc(CNC(=NC)NCCc2ccc(-n3cccn3)cc2)cc1. The van der Waals surface area contributed by atoms with Crippen LogP contribution in [0, 0.1) is 0 Å². The molecule has 7 nitrogen and oxygen atoms in total. The van der Waals surface area contributed by atoms with Crippen molar-refractivity contribution in [3.63, 3.8) is 0 Å². The molecule has 0 radical (unpaired) electrons. The molecule has 30 heavy (non-hydrogen) atoms. The molecule has 0 aliphatic carbocycles. The number of ether oxygens (including phenoxy) is 1. The lowest BCUT2D eigenvalue weighted by Gasteiger charge is -2.12. The monoisotopic (exact) mass is 405 g/mol. The minimum atomic E-state index is -0.299. The minimum Gasteiger partial charge on any atom is -0.462 e. The van der Waals surface area contributed by atoms with Crippen molar-refractivity contribution in [2.24, 2.45) is 4.99 Å². The molecule has 0 atom stereocenters. The number of hydrogen-bond acceptors (Lipinski definition) is 4. The van der Waals surface area contributed by atoms with E-state index < -0.39 is 0 Å². The van der Waals surface area contributed by atoms with Crippen LogP contribution in [0.4, 0.5) is 0 Å². The summed E-state index contributed by atoms with van der Waals surface area (Å²) >= 11 is 0. The minimum absolute atomic E-state index is 0.299. The van der Waals surface area contributed by atoms with E-state index in [2.05, 4.69) is 45.0 Å². The first kappa shape index (κ1) is 21.1. The van der Waals surface area contributed by atoms with Crippen LogP contribution in [0.25, 0.3) is 5.69 Å². The Morgan fingerprint density at radius 3 is 2.43 bits per heavy atom. The molecule has 0 amide bonds. The molecule has 3 rings (SSSR count). The predicted octanol–water partition coefficient (Wildman–Crippen LogP) is 2.96. The Kier molecular flexibility index (Phi) is 7.60. The highest BCUT2D eigenvalue weighted by Gasteiger charge is 2.06. The lowest BCUT2D eigenvalue weighted by Crippen LogP contribution is -2.37. The number of benzene rings is 2. The number of aliphatic imine (C=N–C) groups is 1. The Morgan fingerprint density at radius 1 is 1.07 bits per heavy atom. The van der Waals surface area contributed by atoms with Gasteiger partial charge in [-0.25, -0.2) is 9.48 Å². The topological polar surface area (TPSA) is 80.5 Å². The molecule has 1 heterocycles. The maximum Gasteiger partial charge on any atom is 0.338 e. The standard InChI is InChI=1S/C23H27N5O2/c1-3-30-22(29)20-9-5-19(6-10-20)17-26-23(24-2)25-15-13-18-7-11-21(12-8-18)28-16-4-14-27-28/h4-12,14,16H,3,13,15,17H2,1-2H3,(H2,24,25,26). The van der Waals surface area contributed by atoms with E-state index in [4.69, 9.17) is 4.74 Å². The molecular weight excluding hydrogens is 378 g/mol. The zero-order chi connectivity index (χ0) is 21.2. The molecule has 0 aliphatic rings. The molecule has 3 aromatic rings. The molecule has 0 fully saturated rings. The summed E-state index contributed by atoms with van der Waals surface area (Å²) in [5.41, 5.74) is 3.90. The van der Waals surface area contributed by atoms with Gasteiger partial charge in [0.2, 0.25) is 0 Å². The van der Waals surface area contributed by atoms with Crippen LogP contribution in [0.1, 0.15) is 28.4 Å². The summed E-state index contributed by atoms with van der Waals surface area (Å²) in [6.07, 6.45) is 4.58. The molecule has 2 aromatic carbocycles. The van der Waals surface area contributed by atoms with Gasteiger partial charge < -0.3 is 15.4 Å². The molecule has 0 saturated carbocycles. The molecule has 0 bridgehead atoms. The van der Waals surface area contributed by atoms with Crippen LogP contribution in [0.2, 0.25) is 0 Å². The zero-order valence-electron chi connectivity index (χ0n) is 17.3. The Labute approximate surface area is 176 Å². The summed E-state index contributed by atoms with van der Waals surface area (Å²) in [5.74, 6) is 0.435. The molecule has 0 saturated heterocycles. The highest BCUT2D eigenvalue weighted by Crippen LogP contribution is 2.09. The second-order valence-corrected chi connectivity index (χ2v) is 6.64. The van der Waals surface area contributed by atoms with E-state index in [-0.39, 0.29) is 5.97 Å². The Hall–Kier alpha value is -3.61. The van der Waals surface area contributed by atoms with Crippen LogP contribution in [0.3, 0.4) is 0 Å². The molecule has 0 unspecified atom stereocenters. The van der Waals surface area contributed by atoms with Gasteiger partial charge in [0, 0.05) is 32.5 Å². The smallest absolute Gasteiger partial charge is 0.338 e. The molecule has 0 aliphatic heterocycles. The van der Waals surface area contributed by atoms with Crippen LogP contribution in [0.15, 0.2) is 72.0 Å². The third-order valence-electron chi connectivity index (χ3n) is 4.56. The Balaban J connectivity index is 1.43. The first-order valence-corrected chi connectivity index (χ1v) is 9.99. The van der Waals surface area contributed by atoms with Crippen molar-refractivity contribution in [2.75, 3.05) is 20.2 Å². The van der Waals surface area contributed by atoms with Gasteiger partial charge in [-0.3, -0.25) is 4.99 Å². The van der Waals surface area contributed by atoms with Crippen LogP contribution >= 0.6 is 0 Å². The van der Waals surface area contributed by atoms with Crippen LogP contribution in [-0.4, -0.2) is 41.9 Å². The Bertz CT molecular complexity index is 948. The van der Waals surface area contributed by atoms with Gasteiger partial charge in [0.1, 0.15) is 0 Å². The fourth-order valence-corrected chi connectivity index (χ4v) is 2.94. The van der Waals surface area contributed by atoms with Crippen LogP contribution in [-0.2, 0) is 17.7 Å². The maximum atomic E-state index is 11.7. The van der Waals surface area contributed by atoms with Crippen molar-refractivity contribution in [2.45, 2.75) is 19.9 Å². The van der Waals surface area contributed by atoms with E-state index in [9.17, 15) is 4.79 Å². The lowest BCUT2D eigenvalue weighted by atomic mass is 10.1. The highest BCUT2D eigenvalue weighted by atomic mass is 16.5. The van der Waals surface area contributed by atoms with Gasteiger partial charge in [-0.2, -0.15) is 5.10 Å². The number of carbonyl (C=O) groups is 1. The van der Waals surface area contributed by atoms with Gasteiger partial charge in [-0.05, 0) is 54.8 Å². The predicted molar refractivity (Wildman–Crippen MR) is 118 cm³/mol. The van der Waals surface area contributed by atoms with Gasteiger partial charge in [-0.15, -0.1) is 0 Å². The van der Waals surface area contributed by atoms with E-state index in [0.29, 0.717) is 18.7 Å².